The van der Waals surface area contributed by atoms with Gasteiger partial charge in [0, 0.05) is 5.69 Å². The van der Waals surface area contributed by atoms with Crippen LogP contribution in [0.1, 0.15) is 31.1 Å². The number of carbonyl (C=O) groups excluding carboxylic acids is 2. The molecule has 0 heterocycles. The number of benzene rings is 1. The van der Waals surface area contributed by atoms with Crippen molar-refractivity contribution in [1.82, 2.24) is 0 Å². The molecule has 0 saturated carbocycles. The Bertz CT molecular complexity index is 513. The fourth-order valence-electron chi connectivity index (χ4n) is 1.41. The molecule has 0 fully saturated rings. The summed E-state index contributed by atoms with van der Waals surface area (Å²) in [7, 11) is 0. The summed E-state index contributed by atoms with van der Waals surface area (Å²) in [5.41, 5.74) is 11.3. The lowest BCUT2D eigenvalue weighted by molar-refractivity contribution is -0.119. The Labute approximate surface area is 129 Å². The van der Waals surface area contributed by atoms with Crippen LogP contribution in [-0.4, -0.2) is 17.9 Å². The number of hydrogen-bond acceptors (Lipinski definition) is 3. The summed E-state index contributed by atoms with van der Waals surface area (Å²) in [6.07, 6.45) is 0. The summed E-state index contributed by atoms with van der Waals surface area (Å²) >= 11 is 5.82. The highest BCUT2D eigenvalue weighted by atomic mass is 35.5. The molecule has 1 aromatic rings. The van der Waals surface area contributed by atoms with E-state index in [-0.39, 0.29) is 34.3 Å². The van der Waals surface area contributed by atoms with Crippen LogP contribution in [0.3, 0.4) is 0 Å². The lowest BCUT2D eigenvalue weighted by atomic mass is 9.87. The van der Waals surface area contributed by atoms with Crippen molar-refractivity contribution in [3.05, 3.63) is 28.8 Å². The van der Waals surface area contributed by atoms with Crippen LogP contribution in [0.4, 0.5) is 5.69 Å². The molecule has 1 atom stereocenters. The topological polar surface area (TPSA) is 98.2 Å². The van der Waals surface area contributed by atoms with Crippen molar-refractivity contribution in [3.8, 4) is 0 Å². The highest BCUT2D eigenvalue weighted by molar-refractivity contribution is 6.34. The number of nitrogens with two attached hydrogens (primary N) is 2. The maximum absolute atomic E-state index is 11.9. The van der Waals surface area contributed by atoms with E-state index in [1.54, 1.807) is 6.07 Å². The van der Waals surface area contributed by atoms with Gasteiger partial charge in [-0.3, -0.25) is 9.59 Å². The van der Waals surface area contributed by atoms with Gasteiger partial charge in [0.05, 0.1) is 16.6 Å². The van der Waals surface area contributed by atoms with Crippen molar-refractivity contribution in [1.29, 1.82) is 0 Å². The molecule has 0 aliphatic carbocycles. The van der Waals surface area contributed by atoms with Gasteiger partial charge >= 0.3 is 0 Å². The second kappa shape index (κ2) is 6.92. The number of hydrogen-bond donors (Lipinski definition) is 3. The Balaban J connectivity index is 0.00000361. The molecule has 0 saturated heterocycles. The predicted molar refractivity (Wildman–Crippen MR) is 83.3 cm³/mol. The minimum Gasteiger partial charge on any atom is -0.366 e. The van der Waals surface area contributed by atoms with Gasteiger partial charge in [0.25, 0.3) is 0 Å². The molecule has 20 heavy (non-hydrogen) atoms. The summed E-state index contributed by atoms with van der Waals surface area (Å²) in [5, 5.41) is 2.88. The first-order valence-corrected chi connectivity index (χ1v) is 6.16. The zero-order valence-electron chi connectivity index (χ0n) is 11.6. The number of amides is 2. The molecule has 5 nitrogen and oxygen atoms in total. The number of nitrogens with one attached hydrogen (secondary N) is 1. The van der Waals surface area contributed by atoms with Crippen LogP contribution >= 0.6 is 24.0 Å². The van der Waals surface area contributed by atoms with E-state index in [9.17, 15) is 9.59 Å². The maximum Gasteiger partial charge on any atom is 0.250 e. The highest BCUT2D eigenvalue weighted by Gasteiger charge is 2.27. The van der Waals surface area contributed by atoms with Crippen LogP contribution in [0.5, 0.6) is 0 Å². The fraction of sp³-hybridized carbons (Fsp3) is 0.385. The summed E-state index contributed by atoms with van der Waals surface area (Å²) < 4.78 is 0. The molecule has 112 valence electrons. The standard InChI is InChI=1S/C13H18ClN3O2.ClH/c1-13(2,3)10(15)12(19)17-7-4-5-9(14)8(6-7)11(16)18;/h4-6,10H,15H2,1-3H3,(H2,16,18)(H,17,19);1H/t10-;/m1./s1. The first-order valence-electron chi connectivity index (χ1n) is 5.78. The SMILES string of the molecule is CC(C)(C)[C@H](N)C(=O)Nc1ccc(Cl)c(C(N)=O)c1.Cl. The minimum absolute atomic E-state index is 0. The number of rotatable bonds is 3. The Morgan fingerprint density at radius 2 is 1.85 bits per heavy atom. The molecular formula is C13H19Cl2N3O2. The largest absolute Gasteiger partial charge is 0.366 e. The summed E-state index contributed by atoms with van der Waals surface area (Å²) in [6.45, 7) is 5.61. The van der Waals surface area contributed by atoms with Crippen LogP contribution in [0.15, 0.2) is 18.2 Å². The first kappa shape index (κ1) is 18.7. The van der Waals surface area contributed by atoms with Crippen molar-refractivity contribution >= 4 is 41.5 Å². The van der Waals surface area contributed by atoms with Gasteiger partial charge in [-0.25, -0.2) is 0 Å². The molecule has 0 spiro atoms. The second-order valence-corrected chi connectivity index (χ2v) is 5.80. The van der Waals surface area contributed by atoms with E-state index in [4.69, 9.17) is 23.1 Å². The number of anilines is 1. The van der Waals surface area contributed by atoms with Crippen LogP contribution < -0.4 is 16.8 Å². The minimum atomic E-state index is -0.666. The first-order chi connectivity index (χ1) is 8.62. The Kier molecular flexibility index (Phi) is 6.47. The lowest BCUT2D eigenvalue weighted by Gasteiger charge is -2.25. The van der Waals surface area contributed by atoms with E-state index in [1.165, 1.54) is 12.1 Å². The van der Waals surface area contributed by atoms with Gasteiger partial charge in [-0.1, -0.05) is 32.4 Å². The molecule has 1 aromatic carbocycles. The van der Waals surface area contributed by atoms with Crippen molar-refractivity contribution in [2.45, 2.75) is 26.8 Å². The lowest BCUT2D eigenvalue weighted by Crippen LogP contribution is -2.45. The summed E-state index contributed by atoms with van der Waals surface area (Å²) in [6, 6.07) is 3.85. The third-order valence-electron chi connectivity index (χ3n) is 2.71. The summed E-state index contributed by atoms with van der Waals surface area (Å²) in [5.74, 6) is -0.980. The number of primary amides is 1. The third kappa shape index (κ3) is 4.67. The zero-order chi connectivity index (χ0) is 14.8. The average Bonchev–Trinajstić information content (AvgIpc) is 2.29. The van der Waals surface area contributed by atoms with E-state index in [1.807, 2.05) is 20.8 Å². The molecule has 0 radical (unpaired) electrons. The summed E-state index contributed by atoms with van der Waals surface area (Å²) in [4.78, 5) is 23.1. The van der Waals surface area contributed by atoms with Gasteiger partial charge < -0.3 is 16.8 Å². The average molecular weight is 320 g/mol. The van der Waals surface area contributed by atoms with Crippen LogP contribution in [0.2, 0.25) is 5.02 Å². The third-order valence-corrected chi connectivity index (χ3v) is 3.04. The maximum atomic E-state index is 11.9. The van der Waals surface area contributed by atoms with Crippen LogP contribution in [0, 0.1) is 5.41 Å². The van der Waals surface area contributed by atoms with E-state index in [0.717, 1.165) is 0 Å². The van der Waals surface area contributed by atoms with Crippen molar-refractivity contribution in [2.24, 2.45) is 16.9 Å². The monoisotopic (exact) mass is 319 g/mol. The van der Waals surface area contributed by atoms with E-state index < -0.39 is 11.9 Å². The van der Waals surface area contributed by atoms with Crippen LogP contribution in [-0.2, 0) is 4.79 Å². The predicted octanol–water partition coefficient (Wildman–Crippen LogP) is 2.17. The van der Waals surface area contributed by atoms with Crippen molar-refractivity contribution in [3.63, 3.8) is 0 Å². The smallest absolute Gasteiger partial charge is 0.250 e. The molecule has 1 rings (SSSR count). The molecule has 0 aliphatic rings. The van der Waals surface area contributed by atoms with E-state index in [0.29, 0.717) is 5.69 Å². The number of halogens is 2. The van der Waals surface area contributed by atoms with Crippen molar-refractivity contribution in [2.75, 3.05) is 5.32 Å². The Morgan fingerprint density at radius 3 is 2.30 bits per heavy atom. The molecule has 0 aliphatic heterocycles. The Morgan fingerprint density at radius 1 is 1.30 bits per heavy atom. The molecule has 5 N–H and O–H groups in total. The fourth-order valence-corrected chi connectivity index (χ4v) is 1.62. The van der Waals surface area contributed by atoms with Gasteiger partial charge in [-0.05, 0) is 23.6 Å². The van der Waals surface area contributed by atoms with Gasteiger partial charge in [0.15, 0.2) is 0 Å². The quantitative estimate of drug-likeness (QED) is 0.796. The zero-order valence-corrected chi connectivity index (χ0v) is 13.1. The molecule has 0 aromatic heterocycles. The van der Waals surface area contributed by atoms with E-state index in [2.05, 4.69) is 5.32 Å². The van der Waals surface area contributed by atoms with Gasteiger partial charge in [-0.15, -0.1) is 12.4 Å². The van der Waals surface area contributed by atoms with Crippen molar-refractivity contribution < 1.29 is 9.59 Å². The molecular weight excluding hydrogens is 301 g/mol. The molecule has 0 bridgehead atoms. The van der Waals surface area contributed by atoms with Gasteiger partial charge in [-0.2, -0.15) is 0 Å². The van der Waals surface area contributed by atoms with Gasteiger partial charge in [0.1, 0.15) is 0 Å². The molecule has 7 heteroatoms. The molecule has 2 amide bonds. The normalized spacial score (nSPS) is 12.2. The van der Waals surface area contributed by atoms with Crippen LogP contribution in [0.25, 0.3) is 0 Å². The van der Waals surface area contributed by atoms with Gasteiger partial charge in [0.2, 0.25) is 11.8 Å². The Hall–Kier alpha value is -1.30. The van der Waals surface area contributed by atoms with E-state index >= 15 is 0 Å². The second-order valence-electron chi connectivity index (χ2n) is 5.39. The highest BCUT2D eigenvalue weighted by Crippen LogP contribution is 2.22. The molecule has 0 unspecified atom stereocenters. The number of carbonyl (C=O) groups is 2.